The topological polar surface area (TPSA) is 63.6 Å². The molecule has 0 aromatic heterocycles. The van der Waals surface area contributed by atoms with Crippen LogP contribution in [-0.4, -0.2) is 17.0 Å². The van der Waals surface area contributed by atoms with E-state index >= 15 is 0 Å². The van der Waals surface area contributed by atoms with Crippen molar-refractivity contribution in [2.75, 3.05) is 0 Å². The highest BCUT2D eigenvalue weighted by atomic mass is 16.5. The third-order valence-corrected chi connectivity index (χ3v) is 4.65. The number of hydrogen-bond acceptors (Lipinski definition) is 3. The van der Waals surface area contributed by atoms with E-state index in [0.717, 1.165) is 25.7 Å². The monoisotopic (exact) mass is 324 g/mol. The van der Waals surface area contributed by atoms with Gasteiger partial charge < -0.3 is 9.84 Å². The summed E-state index contributed by atoms with van der Waals surface area (Å²) in [4.78, 5) is 23.0. The molecule has 0 saturated heterocycles. The van der Waals surface area contributed by atoms with Gasteiger partial charge in [0.2, 0.25) is 0 Å². The molecule has 2 aromatic rings. The molecule has 3 rings (SSSR count). The van der Waals surface area contributed by atoms with Gasteiger partial charge in [0.25, 0.3) is 0 Å². The van der Waals surface area contributed by atoms with E-state index in [1.165, 1.54) is 5.56 Å². The fraction of sp³-hybridized carbons (Fsp3) is 0.300. The maximum absolute atomic E-state index is 12.0. The summed E-state index contributed by atoms with van der Waals surface area (Å²) in [5.74, 6) is -0.347. The zero-order chi connectivity index (χ0) is 16.9. The largest absolute Gasteiger partial charge is 0.481 e. The molecule has 1 saturated carbocycles. The molecular formula is C20H20O4. The van der Waals surface area contributed by atoms with Crippen molar-refractivity contribution < 1.29 is 19.4 Å². The van der Waals surface area contributed by atoms with E-state index in [1.54, 1.807) is 36.4 Å². The molecule has 0 heterocycles. The summed E-state index contributed by atoms with van der Waals surface area (Å²) in [7, 11) is 0. The minimum absolute atomic E-state index is 0.202. The average Bonchev–Trinajstić information content (AvgIpc) is 2.63. The molecule has 1 aliphatic carbocycles. The number of carboxylic acids is 1. The minimum Gasteiger partial charge on any atom is -0.481 e. The average molecular weight is 324 g/mol. The summed E-state index contributed by atoms with van der Waals surface area (Å²) >= 11 is 0. The molecule has 4 nitrogen and oxygen atoms in total. The Kier molecular flexibility index (Phi) is 4.94. The Morgan fingerprint density at radius 1 is 0.875 bits per heavy atom. The molecule has 0 unspecified atom stereocenters. The molecule has 0 spiro atoms. The van der Waals surface area contributed by atoms with Gasteiger partial charge in [-0.05, 0) is 61.4 Å². The number of aliphatic carboxylic acids is 1. The van der Waals surface area contributed by atoms with Crippen LogP contribution in [0, 0.1) is 5.92 Å². The van der Waals surface area contributed by atoms with E-state index in [9.17, 15) is 9.59 Å². The number of benzene rings is 2. The summed E-state index contributed by atoms with van der Waals surface area (Å²) in [5.41, 5.74) is 1.70. The number of esters is 1. The summed E-state index contributed by atoms with van der Waals surface area (Å²) in [6.07, 6.45) is 3.23. The van der Waals surface area contributed by atoms with E-state index in [4.69, 9.17) is 9.84 Å². The first-order valence-electron chi connectivity index (χ1n) is 8.23. The first kappa shape index (κ1) is 16.2. The standard InChI is InChI=1S/C20H20O4/c21-19(22)16-8-6-14(7-9-16)15-10-12-18(13-11-15)24-20(23)17-4-2-1-3-5-17/h1-5,10-14,16H,6-9H2,(H,21,22). The molecule has 0 amide bonds. The molecule has 0 bridgehead atoms. The van der Waals surface area contributed by atoms with Crippen LogP contribution in [0.2, 0.25) is 0 Å². The first-order valence-corrected chi connectivity index (χ1v) is 8.23. The molecule has 0 radical (unpaired) electrons. The highest BCUT2D eigenvalue weighted by Gasteiger charge is 2.26. The lowest BCUT2D eigenvalue weighted by Gasteiger charge is -2.26. The molecule has 24 heavy (non-hydrogen) atoms. The molecule has 1 fully saturated rings. The fourth-order valence-electron chi connectivity index (χ4n) is 3.22. The van der Waals surface area contributed by atoms with Crippen molar-refractivity contribution in [3.05, 3.63) is 65.7 Å². The van der Waals surface area contributed by atoms with Crippen molar-refractivity contribution in [1.82, 2.24) is 0 Å². The molecule has 4 heteroatoms. The Labute approximate surface area is 141 Å². The van der Waals surface area contributed by atoms with Gasteiger partial charge >= 0.3 is 11.9 Å². The van der Waals surface area contributed by atoms with E-state index in [2.05, 4.69) is 0 Å². The highest BCUT2D eigenvalue weighted by Crippen LogP contribution is 2.36. The van der Waals surface area contributed by atoms with E-state index in [1.807, 2.05) is 18.2 Å². The van der Waals surface area contributed by atoms with Crippen LogP contribution in [0.5, 0.6) is 5.75 Å². The zero-order valence-corrected chi connectivity index (χ0v) is 13.4. The van der Waals surface area contributed by atoms with Gasteiger partial charge in [0.1, 0.15) is 5.75 Å². The Balaban J connectivity index is 1.60. The van der Waals surface area contributed by atoms with Crippen molar-refractivity contribution in [2.45, 2.75) is 31.6 Å². The van der Waals surface area contributed by atoms with Crippen molar-refractivity contribution in [2.24, 2.45) is 5.92 Å². The highest BCUT2D eigenvalue weighted by molar-refractivity contribution is 5.90. The second-order valence-corrected chi connectivity index (χ2v) is 6.21. The van der Waals surface area contributed by atoms with E-state index in [0.29, 0.717) is 17.2 Å². The molecule has 2 aromatic carbocycles. The van der Waals surface area contributed by atoms with Gasteiger partial charge in [-0.15, -0.1) is 0 Å². The second-order valence-electron chi connectivity index (χ2n) is 6.21. The Bertz CT molecular complexity index is 698. The van der Waals surface area contributed by atoms with Crippen LogP contribution >= 0.6 is 0 Å². The van der Waals surface area contributed by atoms with E-state index in [-0.39, 0.29) is 11.9 Å². The number of carboxylic acid groups (broad SMARTS) is 1. The van der Waals surface area contributed by atoms with Crippen LogP contribution in [0.3, 0.4) is 0 Å². The van der Waals surface area contributed by atoms with Crippen LogP contribution in [0.4, 0.5) is 0 Å². The lowest BCUT2D eigenvalue weighted by atomic mass is 9.79. The molecule has 0 aliphatic heterocycles. The van der Waals surface area contributed by atoms with Crippen LogP contribution in [0.15, 0.2) is 54.6 Å². The first-order chi connectivity index (χ1) is 11.6. The van der Waals surface area contributed by atoms with Crippen molar-refractivity contribution >= 4 is 11.9 Å². The maximum atomic E-state index is 12.0. The van der Waals surface area contributed by atoms with Crippen LogP contribution in [-0.2, 0) is 4.79 Å². The van der Waals surface area contributed by atoms with Gasteiger partial charge in [-0.25, -0.2) is 4.79 Å². The summed E-state index contributed by atoms with van der Waals surface area (Å²) in [6, 6.07) is 16.4. The van der Waals surface area contributed by atoms with Gasteiger partial charge in [-0.3, -0.25) is 4.79 Å². The van der Waals surface area contributed by atoms with Gasteiger partial charge in [-0.1, -0.05) is 30.3 Å². The Morgan fingerprint density at radius 3 is 2.08 bits per heavy atom. The third kappa shape index (κ3) is 3.82. The zero-order valence-electron chi connectivity index (χ0n) is 13.4. The smallest absolute Gasteiger partial charge is 0.343 e. The number of carbonyl (C=O) groups is 2. The number of ether oxygens (including phenoxy) is 1. The predicted octanol–water partition coefficient (Wildman–Crippen LogP) is 4.26. The van der Waals surface area contributed by atoms with Gasteiger partial charge in [0.15, 0.2) is 0 Å². The van der Waals surface area contributed by atoms with E-state index < -0.39 is 5.97 Å². The number of rotatable bonds is 4. The molecule has 1 N–H and O–H groups in total. The molecule has 124 valence electrons. The number of carbonyl (C=O) groups excluding carboxylic acids is 1. The van der Waals surface area contributed by atoms with Crippen molar-refractivity contribution in [3.63, 3.8) is 0 Å². The van der Waals surface area contributed by atoms with Gasteiger partial charge in [0.05, 0.1) is 11.5 Å². The Hall–Kier alpha value is -2.62. The quantitative estimate of drug-likeness (QED) is 0.674. The minimum atomic E-state index is -0.684. The summed E-state index contributed by atoms with van der Waals surface area (Å²) < 4.78 is 5.37. The van der Waals surface area contributed by atoms with Crippen molar-refractivity contribution in [3.8, 4) is 5.75 Å². The Morgan fingerprint density at radius 2 is 1.50 bits per heavy atom. The summed E-state index contributed by atoms with van der Waals surface area (Å²) in [5, 5.41) is 9.06. The lowest BCUT2D eigenvalue weighted by Crippen LogP contribution is -2.20. The molecule has 0 atom stereocenters. The molecular weight excluding hydrogens is 304 g/mol. The normalized spacial score (nSPS) is 20.3. The van der Waals surface area contributed by atoms with Gasteiger partial charge in [-0.2, -0.15) is 0 Å². The second kappa shape index (κ2) is 7.30. The molecule has 1 aliphatic rings. The maximum Gasteiger partial charge on any atom is 0.343 e. The fourth-order valence-corrected chi connectivity index (χ4v) is 3.22. The summed E-state index contributed by atoms with van der Waals surface area (Å²) in [6.45, 7) is 0. The van der Waals surface area contributed by atoms with Crippen LogP contribution in [0.1, 0.15) is 47.5 Å². The van der Waals surface area contributed by atoms with Crippen LogP contribution in [0.25, 0.3) is 0 Å². The SMILES string of the molecule is O=C(Oc1ccc(C2CCC(C(=O)O)CC2)cc1)c1ccccc1. The third-order valence-electron chi connectivity index (χ3n) is 4.65. The van der Waals surface area contributed by atoms with Crippen molar-refractivity contribution in [1.29, 1.82) is 0 Å². The number of hydrogen-bond donors (Lipinski definition) is 1. The van der Waals surface area contributed by atoms with Gasteiger partial charge in [0, 0.05) is 0 Å². The predicted molar refractivity (Wildman–Crippen MR) is 90.2 cm³/mol. The van der Waals surface area contributed by atoms with Crippen LogP contribution < -0.4 is 4.74 Å². The lowest BCUT2D eigenvalue weighted by molar-refractivity contribution is -0.142.